The molecule has 0 aliphatic rings. The monoisotopic (exact) mass is 204 g/mol. The zero-order valence-corrected chi connectivity index (χ0v) is 8.86. The van der Waals surface area contributed by atoms with Crippen LogP contribution in [0, 0.1) is 0 Å². The molecule has 0 rings (SSSR count). The minimum absolute atomic E-state index is 0.174. The summed E-state index contributed by atoms with van der Waals surface area (Å²) in [5.74, 6) is -0.0764. The lowest BCUT2D eigenvalue weighted by Crippen LogP contribution is -2.47. The molecule has 0 unspecified atom stereocenters. The highest BCUT2D eigenvalue weighted by Gasteiger charge is 2.16. The van der Waals surface area contributed by atoms with Gasteiger partial charge in [-0.15, -0.1) is 0 Å². The Morgan fingerprint density at radius 2 is 2.08 bits per heavy atom. The Hall–Kier alpha value is -0.710. The van der Waals surface area contributed by atoms with Gasteiger partial charge in [0.2, 0.25) is 11.8 Å². The molecule has 0 spiro atoms. The predicted octanol–water partition coefficient (Wildman–Crippen LogP) is -0.0529. The van der Waals surface area contributed by atoms with Gasteiger partial charge in [0.25, 0.3) is 0 Å². The first-order valence-electron chi connectivity index (χ1n) is 4.27. The van der Waals surface area contributed by atoms with Gasteiger partial charge in [-0.3, -0.25) is 9.59 Å². The van der Waals surface area contributed by atoms with Gasteiger partial charge in [0.1, 0.15) is 6.04 Å². The molecule has 76 valence electrons. The van der Waals surface area contributed by atoms with Gasteiger partial charge in [-0.05, 0) is 6.42 Å². The summed E-state index contributed by atoms with van der Waals surface area (Å²) in [7, 11) is 0. The standard InChI is InChI=1S/C8H16N2O2S/c1-3-4-9-8(12)7(5-13)10-6(2)11/h7,13H,3-5H2,1-2H3,(H,9,12)(H,10,11)/t7-/m0/s1. The minimum Gasteiger partial charge on any atom is -0.354 e. The summed E-state index contributed by atoms with van der Waals surface area (Å²) in [6, 6.07) is -0.521. The summed E-state index contributed by atoms with van der Waals surface area (Å²) in [4.78, 5) is 22.0. The molecule has 0 heterocycles. The summed E-state index contributed by atoms with van der Waals surface area (Å²) >= 11 is 3.98. The van der Waals surface area contributed by atoms with E-state index in [1.165, 1.54) is 6.92 Å². The molecular weight excluding hydrogens is 188 g/mol. The molecule has 0 saturated heterocycles. The molecule has 0 aromatic carbocycles. The topological polar surface area (TPSA) is 58.2 Å². The van der Waals surface area contributed by atoms with Crippen molar-refractivity contribution in [1.82, 2.24) is 10.6 Å². The lowest BCUT2D eigenvalue weighted by atomic mass is 10.3. The van der Waals surface area contributed by atoms with Crippen LogP contribution in [-0.2, 0) is 9.59 Å². The second-order valence-corrected chi connectivity index (χ2v) is 3.09. The van der Waals surface area contributed by atoms with Crippen molar-refractivity contribution in [3.05, 3.63) is 0 Å². The van der Waals surface area contributed by atoms with Crippen LogP contribution in [0.2, 0.25) is 0 Å². The number of carbonyl (C=O) groups excluding carboxylic acids is 2. The van der Waals surface area contributed by atoms with Crippen molar-refractivity contribution in [3.8, 4) is 0 Å². The molecule has 0 radical (unpaired) electrons. The highest BCUT2D eigenvalue weighted by atomic mass is 32.1. The van der Waals surface area contributed by atoms with Gasteiger partial charge in [-0.25, -0.2) is 0 Å². The third-order valence-electron chi connectivity index (χ3n) is 1.43. The first-order valence-corrected chi connectivity index (χ1v) is 4.90. The van der Waals surface area contributed by atoms with Gasteiger partial charge in [-0.2, -0.15) is 12.6 Å². The summed E-state index contributed by atoms with van der Waals surface area (Å²) in [5, 5.41) is 5.20. The molecule has 4 nitrogen and oxygen atoms in total. The van der Waals surface area contributed by atoms with Crippen molar-refractivity contribution in [3.63, 3.8) is 0 Å². The summed E-state index contributed by atoms with van der Waals surface area (Å²) in [6.07, 6.45) is 0.880. The minimum atomic E-state index is -0.521. The number of amides is 2. The second-order valence-electron chi connectivity index (χ2n) is 2.73. The highest BCUT2D eigenvalue weighted by molar-refractivity contribution is 7.80. The maximum absolute atomic E-state index is 11.3. The number of hydrogen-bond donors (Lipinski definition) is 3. The third kappa shape index (κ3) is 5.52. The molecule has 0 bridgehead atoms. The van der Waals surface area contributed by atoms with Crippen molar-refractivity contribution in [1.29, 1.82) is 0 Å². The Bertz CT molecular complexity index is 185. The fourth-order valence-electron chi connectivity index (χ4n) is 0.811. The van der Waals surface area contributed by atoms with Crippen LogP contribution in [0.15, 0.2) is 0 Å². The average Bonchev–Trinajstić information content (AvgIpc) is 2.09. The number of nitrogens with one attached hydrogen (secondary N) is 2. The Morgan fingerprint density at radius 3 is 2.46 bits per heavy atom. The fraction of sp³-hybridized carbons (Fsp3) is 0.750. The lowest BCUT2D eigenvalue weighted by molar-refractivity contribution is -0.127. The quantitative estimate of drug-likeness (QED) is 0.550. The lowest BCUT2D eigenvalue weighted by Gasteiger charge is -2.14. The summed E-state index contributed by atoms with van der Waals surface area (Å²) < 4.78 is 0. The normalized spacial score (nSPS) is 11.9. The number of hydrogen-bond acceptors (Lipinski definition) is 3. The van der Waals surface area contributed by atoms with Gasteiger partial charge >= 0.3 is 0 Å². The van der Waals surface area contributed by atoms with Crippen LogP contribution in [0.1, 0.15) is 20.3 Å². The van der Waals surface area contributed by atoms with Crippen LogP contribution < -0.4 is 10.6 Å². The Kier molecular flexibility index (Phi) is 6.40. The van der Waals surface area contributed by atoms with Gasteiger partial charge < -0.3 is 10.6 Å². The van der Waals surface area contributed by atoms with E-state index in [1.54, 1.807) is 0 Å². The SMILES string of the molecule is CCCNC(=O)[C@H](CS)NC(C)=O. The smallest absolute Gasteiger partial charge is 0.243 e. The third-order valence-corrected chi connectivity index (χ3v) is 1.79. The Morgan fingerprint density at radius 1 is 1.46 bits per heavy atom. The van der Waals surface area contributed by atoms with E-state index in [-0.39, 0.29) is 11.8 Å². The molecule has 13 heavy (non-hydrogen) atoms. The Labute approximate surface area is 83.9 Å². The van der Waals surface area contributed by atoms with Gasteiger partial charge in [0.15, 0.2) is 0 Å². The molecule has 0 fully saturated rings. The van der Waals surface area contributed by atoms with Crippen molar-refractivity contribution < 1.29 is 9.59 Å². The highest BCUT2D eigenvalue weighted by Crippen LogP contribution is 1.88. The molecule has 0 aliphatic heterocycles. The van der Waals surface area contributed by atoms with Crippen molar-refractivity contribution in [2.45, 2.75) is 26.3 Å². The molecular formula is C8H16N2O2S. The second kappa shape index (κ2) is 6.77. The maximum atomic E-state index is 11.3. The van der Waals surface area contributed by atoms with Crippen molar-refractivity contribution in [2.75, 3.05) is 12.3 Å². The molecule has 0 aliphatic carbocycles. The van der Waals surface area contributed by atoms with E-state index in [4.69, 9.17) is 0 Å². The molecule has 0 aromatic rings. The molecule has 1 atom stereocenters. The van der Waals surface area contributed by atoms with Gasteiger partial charge in [0.05, 0.1) is 0 Å². The average molecular weight is 204 g/mol. The van der Waals surface area contributed by atoms with Crippen LogP contribution in [0.25, 0.3) is 0 Å². The summed E-state index contributed by atoms with van der Waals surface area (Å²) in [6.45, 7) is 3.97. The molecule has 0 saturated carbocycles. The number of rotatable bonds is 5. The molecule has 2 N–H and O–H groups in total. The van der Waals surface area contributed by atoms with Crippen LogP contribution >= 0.6 is 12.6 Å². The molecule has 0 aromatic heterocycles. The maximum Gasteiger partial charge on any atom is 0.243 e. The Balaban J connectivity index is 3.92. The van der Waals surface area contributed by atoms with E-state index in [1.807, 2.05) is 6.92 Å². The van der Waals surface area contributed by atoms with E-state index in [2.05, 4.69) is 23.3 Å². The predicted molar refractivity (Wildman–Crippen MR) is 54.8 cm³/mol. The fourth-order valence-corrected chi connectivity index (χ4v) is 1.07. The van der Waals surface area contributed by atoms with Gasteiger partial charge in [0, 0.05) is 19.2 Å². The van der Waals surface area contributed by atoms with E-state index in [0.29, 0.717) is 12.3 Å². The summed E-state index contributed by atoms with van der Waals surface area (Å²) in [5.41, 5.74) is 0. The first kappa shape index (κ1) is 12.3. The number of thiol groups is 1. The molecule has 2 amide bonds. The molecule has 5 heteroatoms. The number of carbonyl (C=O) groups is 2. The largest absolute Gasteiger partial charge is 0.354 e. The van der Waals surface area contributed by atoms with E-state index in [9.17, 15) is 9.59 Å². The zero-order valence-electron chi connectivity index (χ0n) is 7.96. The van der Waals surface area contributed by atoms with Gasteiger partial charge in [-0.1, -0.05) is 6.92 Å². The van der Waals surface area contributed by atoms with Crippen LogP contribution in [-0.4, -0.2) is 30.2 Å². The van der Waals surface area contributed by atoms with Crippen molar-refractivity contribution >= 4 is 24.4 Å². The van der Waals surface area contributed by atoms with Crippen LogP contribution in [0.5, 0.6) is 0 Å². The first-order chi connectivity index (χ1) is 6.11. The van der Waals surface area contributed by atoms with Crippen molar-refractivity contribution in [2.24, 2.45) is 0 Å². The van der Waals surface area contributed by atoms with Crippen LogP contribution in [0.4, 0.5) is 0 Å². The van der Waals surface area contributed by atoms with E-state index in [0.717, 1.165) is 6.42 Å². The van der Waals surface area contributed by atoms with E-state index < -0.39 is 6.04 Å². The zero-order chi connectivity index (χ0) is 10.3. The van der Waals surface area contributed by atoms with Crippen LogP contribution in [0.3, 0.4) is 0 Å². The van der Waals surface area contributed by atoms with E-state index >= 15 is 0 Å².